The number of quaternary nitrogens is 1. The predicted molar refractivity (Wildman–Crippen MR) is 141 cm³/mol. The molecule has 0 spiro atoms. The molecule has 0 aromatic heterocycles. The number of hydrogen-bond donors (Lipinski definition) is 1. The van der Waals surface area contributed by atoms with Crippen molar-refractivity contribution in [1.29, 1.82) is 0 Å². The quantitative estimate of drug-likeness (QED) is 0.330. The summed E-state index contributed by atoms with van der Waals surface area (Å²) in [5, 5.41) is 4.38. The van der Waals surface area contributed by atoms with Crippen molar-refractivity contribution in [2.24, 2.45) is 0 Å². The Balaban J connectivity index is 0.00000385. The molecule has 2 nitrogen and oxygen atoms in total. The van der Waals surface area contributed by atoms with Crippen molar-refractivity contribution >= 4 is 29.1 Å². The molecule has 0 heterocycles. The van der Waals surface area contributed by atoms with Crippen LogP contribution in [0.15, 0.2) is 82.6 Å². The van der Waals surface area contributed by atoms with Crippen LogP contribution in [-0.4, -0.2) is 31.7 Å². The van der Waals surface area contributed by atoms with Gasteiger partial charge in [-0.15, -0.1) is 0 Å². The Hall–Kier alpha value is -1.65. The van der Waals surface area contributed by atoms with Gasteiger partial charge in [-0.1, -0.05) is 86.6 Å². The van der Waals surface area contributed by atoms with E-state index in [0.717, 1.165) is 41.2 Å². The van der Waals surface area contributed by atoms with E-state index < -0.39 is 0 Å². The SMILES string of the molecule is CC(C)(C)c1ccc(C[N+](C)(C)CCCNc2cc(Cl)ccc2Sc2ccccc2)cc1.[Cl-]. The molecule has 0 unspecified atom stereocenters. The van der Waals surface area contributed by atoms with Crippen LogP contribution >= 0.6 is 23.4 Å². The maximum Gasteiger partial charge on any atom is 0.104 e. The van der Waals surface area contributed by atoms with Crippen molar-refractivity contribution in [3.8, 4) is 0 Å². The number of rotatable bonds is 9. The summed E-state index contributed by atoms with van der Waals surface area (Å²) in [6, 6.07) is 25.7. The molecule has 0 fully saturated rings. The van der Waals surface area contributed by atoms with Crippen LogP contribution in [0.3, 0.4) is 0 Å². The Kier molecular flexibility index (Phi) is 10.2. The van der Waals surface area contributed by atoms with Gasteiger partial charge in [0.25, 0.3) is 0 Å². The number of nitrogens with one attached hydrogen (secondary N) is 1. The summed E-state index contributed by atoms with van der Waals surface area (Å²) >= 11 is 8.05. The molecule has 0 aliphatic carbocycles. The van der Waals surface area contributed by atoms with E-state index in [1.54, 1.807) is 11.8 Å². The van der Waals surface area contributed by atoms with Crippen molar-refractivity contribution in [3.63, 3.8) is 0 Å². The third kappa shape index (κ3) is 8.90. The summed E-state index contributed by atoms with van der Waals surface area (Å²) in [7, 11) is 4.63. The second kappa shape index (κ2) is 12.2. The van der Waals surface area contributed by atoms with E-state index in [9.17, 15) is 0 Å². The van der Waals surface area contributed by atoms with Crippen LogP contribution in [0, 0.1) is 0 Å². The molecule has 3 aromatic carbocycles. The Morgan fingerprint density at radius 3 is 2.21 bits per heavy atom. The molecular weight excluding hydrogens is 467 g/mol. The second-order valence-corrected chi connectivity index (χ2v) is 11.7. The van der Waals surface area contributed by atoms with E-state index in [0.29, 0.717) is 0 Å². The van der Waals surface area contributed by atoms with Gasteiger partial charge in [-0.05, 0) is 41.3 Å². The molecule has 5 heteroatoms. The minimum absolute atomic E-state index is 0. The first-order chi connectivity index (χ1) is 15.1. The Bertz CT molecular complexity index is 997. The molecule has 33 heavy (non-hydrogen) atoms. The lowest BCUT2D eigenvalue weighted by Crippen LogP contribution is -3.00. The molecule has 0 atom stereocenters. The number of halogens is 2. The summed E-state index contributed by atoms with van der Waals surface area (Å²) in [5.41, 5.74) is 4.09. The van der Waals surface area contributed by atoms with E-state index >= 15 is 0 Å². The number of benzene rings is 3. The summed E-state index contributed by atoms with van der Waals surface area (Å²) < 4.78 is 0.970. The Labute approximate surface area is 215 Å². The normalized spacial score (nSPS) is 11.7. The molecule has 0 aliphatic rings. The first kappa shape index (κ1) is 27.6. The number of anilines is 1. The molecule has 1 N–H and O–H groups in total. The average Bonchev–Trinajstić information content (AvgIpc) is 2.73. The van der Waals surface area contributed by atoms with Gasteiger partial charge in [0.15, 0.2) is 0 Å². The monoisotopic (exact) mass is 502 g/mol. The molecule has 178 valence electrons. The fraction of sp³-hybridized carbons (Fsp3) is 0.357. The largest absolute Gasteiger partial charge is 1.00 e. The van der Waals surface area contributed by atoms with Gasteiger partial charge in [0.05, 0.1) is 20.6 Å². The lowest BCUT2D eigenvalue weighted by atomic mass is 9.86. The van der Waals surface area contributed by atoms with Crippen LogP contribution in [0.2, 0.25) is 5.02 Å². The highest BCUT2D eigenvalue weighted by Crippen LogP contribution is 2.35. The topological polar surface area (TPSA) is 12.0 Å². The highest BCUT2D eigenvalue weighted by molar-refractivity contribution is 7.99. The van der Waals surface area contributed by atoms with E-state index in [1.807, 2.05) is 18.2 Å². The van der Waals surface area contributed by atoms with Crippen LogP contribution in [-0.2, 0) is 12.0 Å². The molecular formula is C28H36Cl2N2S. The van der Waals surface area contributed by atoms with Gasteiger partial charge in [-0.3, -0.25) is 0 Å². The third-order valence-corrected chi connectivity index (χ3v) is 6.92. The molecule has 0 aliphatic heterocycles. The zero-order chi connectivity index (χ0) is 23.2. The first-order valence-electron chi connectivity index (χ1n) is 11.3. The van der Waals surface area contributed by atoms with E-state index in [1.165, 1.54) is 20.9 Å². The van der Waals surface area contributed by atoms with Crippen LogP contribution in [0.1, 0.15) is 38.3 Å². The van der Waals surface area contributed by atoms with Crippen molar-refractivity contribution < 1.29 is 16.9 Å². The van der Waals surface area contributed by atoms with Crippen LogP contribution < -0.4 is 17.7 Å². The van der Waals surface area contributed by atoms with Crippen molar-refractivity contribution in [2.75, 3.05) is 32.5 Å². The van der Waals surface area contributed by atoms with Gasteiger partial charge in [0, 0.05) is 39.0 Å². The number of nitrogens with zero attached hydrogens (tertiary/aromatic N) is 1. The molecule has 0 saturated carbocycles. The summed E-state index contributed by atoms with van der Waals surface area (Å²) in [6.07, 6.45) is 1.09. The fourth-order valence-electron chi connectivity index (χ4n) is 3.76. The highest BCUT2D eigenvalue weighted by atomic mass is 35.5. The third-order valence-electron chi connectivity index (χ3n) is 5.60. The maximum atomic E-state index is 6.28. The fourth-order valence-corrected chi connectivity index (χ4v) is 4.85. The lowest BCUT2D eigenvalue weighted by Gasteiger charge is -2.30. The zero-order valence-corrected chi connectivity index (χ0v) is 22.7. The smallest absolute Gasteiger partial charge is 0.104 e. The van der Waals surface area contributed by atoms with E-state index in [2.05, 4.69) is 94.8 Å². The molecule has 0 radical (unpaired) electrons. The first-order valence-corrected chi connectivity index (χ1v) is 12.5. The molecule has 3 rings (SSSR count). The summed E-state index contributed by atoms with van der Waals surface area (Å²) in [5.74, 6) is 0. The molecule has 3 aromatic rings. The van der Waals surface area contributed by atoms with Crippen molar-refractivity contribution in [2.45, 2.75) is 48.9 Å². The average molecular weight is 504 g/mol. The van der Waals surface area contributed by atoms with Crippen molar-refractivity contribution in [1.82, 2.24) is 0 Å². The molecule has 0 amide bonds. The Morgan fingerprint density at radius 2 is 1.58 bits per heavy atom. The van der Waals surface area contributed by atoms with Gasteiger partial charge in [0.1, 0.15) is 6.54 Å². The highest BCUT2D eigenvalue weighted by Gasteiger charge is 2.17. The van der Waals surface area contributed by atoms with Crippen molar-refractivity contribution in [3.05, 3.63) is 88.9 Å². The Morgan fingerprint density at radius 1 is 0.909 bits per heavy atom. The standard InChI is InChI=1S/C28H36ClN2S.ClH/c1-28(2,3)23-14-12-22(13-15-23)21-31(4,5)19-9-18-30-26-20-24(29)16-17-27(26)32-25-10-7-6-8-11-25;/h6-8,10-17,20,30H,9,18-19,21H2,1-5H3;1H/q+1;/p-1. The summed E-state index contributed by atoms with van der Waals surface area (Å²) in [6.45, 7) is 9.86. The zero-order valence-electron chi connectivity index (χ0n) is 20.4. The number of hydrogen-bond acceptors (Lipinski definition) is 2. The lowest BCUT2D eigenvalue weighted by molar-refractivity contribution is -0.903. The van der Waals surface area contributed by atoms with Crippen LogP contribution in [0.5, 0.6) is 0 Å². The van der Waals surface area contributed by atoms with Crippen LogP contribution in [0.4, 0.5) is 5.69 Å². The minimum Gasteiger partial charge on any atom is -1.00 e. The van der Waals surface area contributed by atoms with Gasteiger partial charge in [0.2, 0.25) is 0 Å². The summed E-state index contributed by atoms with van der Waals surface area (Å²) in [4.78, 5) is 2.43. The minimum atomic E-state index is 0. The maximum absolute atomic E-state index is 6.28. The molecule has 0 bridgehead atoms. The van der Waals surface area contributed by atoms with Gasteiger partial charge in [-0.25, -0.2) is 0 Å². The van der Waals surface area contributed by atoms with Gasteiger partial charge < -0.3 is 22.2 Å². The van der Waals surface area contributed by atoms with Crippen LogP contribution in [0.25, 0.3) is 0 Å². The predicted octanol–water partition coefficient (Wildman–Crippen LogP) is 4.87. The second-order valence-electron chi connectivity index (χ2n) is 10.1. The molecule has 0 saturated heterocycles. The van der Waals surface area contributed by atoms with E-state index in [-0.39, 0.29) is 17.8 Å². The van der Waals surface area contributed by atoms with E-state index in [4.69, 9.17) is 11.6 Å². The van der Waals surface area contributed by atoms with Gasteiger partial charge >= 0.3 is 0 Å². The van der Waals surface area contributed by atoms with Gasteiger partial charge in [-0.2, -0.15) is 0 Å².